The summed E-state index contributed by atoms with van der Waals surface area (Å²) in [4.78, 5) is 7.27. The van der Waals surface area contributed by atoms with E-state index in [1.54, 1.807) is 11.3 Å². The number of nitrogens with zero attached hydrogens (tertiary/aromatic N) is 1. The van der Waals surface area contributed by atoms with Crippen molar-refractivity contribution < 1.29 is 0 Å². The zero-order valence-electron chi connectivity index (χ0n) is 9.45. The average molecular weight is 236 g/mol. The Bertz CT molecular complexity index is 447. The molecule has 0 aliphatic carbocycles. The number of thiophene rings is 1. The molecule has 2 aromatic rings. The van der Waals surface area contributed by atoms with Crippen LogP contribution in [0, 0.1) is 6.92 Å². The first kappa shape index (κ1) is 11.0. The van der Waals surface area contributed by atoms with E-state index in [0.29, 0.717) is 11.9 Å². The van der Waals surface area contributed by atoms with Crippen molar-refractivity contribution in [3.8, 4) is 0 Å². The number of aromatic amines is 1. The number of nitrogens with two attached hydrogens (primary N) is 1. The summed E-state index contributed by atoms with van der Waals surface area (Å²) >= 11 is 1.72. The number of hydrogen-bond donors (Lipinski definition) is 3. The van der Waals surface area contributed by atoms with Gasteiger partial charge in [-0.25, -0.2) is 4.98 Å². The first-order valence-electron chi connectivity index (χ1n) is 5.25. The van der Waals surface area contributed by atoms with Crippen LogP contribution in [-0.2, 0) is 6.42 Å². The second-order valence-corrected chi connectivity index (χ2v) is 4.75. The molecule has 0 radical (unpaired) electrons. The molecule has 0 bridgehead atoms. The maximum atomic E-state index is 5.78. The third-order valence-corrected chi connectivity index (χ3v) is 3.09. The minimum atomic E-state index is 0.319. The lowest BCUT2D eigenvalue weighted by molar-refractivity contribution is 0.788. The monoisotopic (exact) mass is 236 g/mol. The molecule has 5 heteroatoms. The van der Waals surface area contributed by atoms with Gasteiger partial charge in [-0.2, -0.15) is 11.3 Å². The van der Waals surface area contributed by atoms with Crippen LogP contribution in [-0.4, -0.2) is 16.0 Å². The number of imidazole rings is 1. The molecule has 0 spiro atoms. The minimum Gasteiger partial charge on any atom is -0.382 e. The summed E-state index contributed by atoms with van der Waals surface area (Å²) in [5.74, 6) is 2.19. The lowest BCUT2D eigenvalue weighted by Crippen LogP contribution is -2.18. The second-order valence-electron chi connectivity index (χ2n) is 3.97. The summed E-state index contributed by atoms with van der Waals surface area (Å²) < 4.78 is 0. The number of nitrogens with one attached hydrogen (secondary N) is 2. The van der Waals surface area contributed by atoms with Crippen LogP contribution < -0.4 is 11.1 Å². The van der Waals surface area contributed by atoms with Crippen LogP contribution >= 0.6 is 11.3 Å². The van der Waals surface area contributed by atoms with Crippen LogP contribution in [0.15, 0.2) is 16.8 Å². The highest BCUT2D eigenvalue weighted by molar-refractivity contribution is 7.07. The average Bonchev–Trinajstić information content (AvgIpc) is 2.78. The highest BCUT2D eigenvalue weighted by Gasteiger charge is 2.09. The van der Waals surface area contributed by atoms with Crippen molar-refractivity contribution in [2.24, 2.45) is 0 Å². The summed E-state index contributed by atoms with van der Waals surface area (Å²) in [6.45, 7) is 4.02. The zero-order chi connectivity index (χ0) is 11.5. The van der Waals surface area contributed by atoms with Crippen LogP contribution in [0.5, 0.6) is 0 Å². The number of hydrogen-bond acceptors (Lipinski definition) is 4. The van der Waals surface area contributed by atoms with Crippen LogP contribution in [0.3, 0.4) is 0 Å². The summed E-state index contributed by atoms with van der Waals surface area (Å²) in [6, 6.07) is 2.46. The molecule has 86 valence electrons. The van der Waals surface area contributed by atoms with Gasteiger partial charge in [0, 0.05) is 6.04 Å². The molecule has 1 unspecified atom stereocenters. The van der Waals surface area contributed by atoms with Crippen LogP contribution in [0.25, 0.3) is 0 Å². The van der Waals surface area contributed by atoms with Crippen molar-refractivity contribution in [1.29, 1.82) is 0 Å². The summed E-state index contributed by atoms with van der Waals surface area (Å²) in [5, 5.41) is 7.56. The molecule has 0 amide bonds. The Morgan fingerprint density at radius 1 is 1.62 bits per heavy atom. The first-order valence-corrected chi connectivity index (χ1v) is 6.19. The van der Waals surface area contributed by atoms with Gasteiger partial charge in [-0.15, -0.1) is 0 Å². The van der Waals surface area contributed by atoms with Gasteiger partial charge in [0.15, 0.2) is 5.82 Å². The second kappa shape index (κ2) is 4.57. The van der Waals surface area contributed by atoms with Crippen LogP contribution in [0.1, 0.15) is 18.3 Å². The fourth-order valence-corrected chi connectivity index (χ4v) is 2.35. The van der Waals surface area contributed by atoms with Gasteiger partial charge in [-0.05, 0) is 42.7 Å². The van der Waals surface area contributed by atoms with Gasteiger partial charge >= 0.3 is 0 Å². The van der Waals surface area contributed by atoms with Crippen molar-refractivity contribution >= 4 is 23.0 Å². The molecule has 0 aliphatic heterocycles. The lowest BCUT2D eigenvalue weighted by Gasteiger charge is -2.12. The molecular formula is C11H16N4S. The molecular weight excluding hydrogens is 220 g/mol. The number of H-pyrrole nitrogens is 1. The summed E-state index contributed by atoms with van der Waals surface area (Å²) in [6.07, 6.45) is 0.981. The van der Waals surface area contributed by atoms with Gasteiger partial charge in [0.1, 0.15) is 11.6 Å². The minimum absolute atomic E-state index is 0.319. The smallest absolute Gasteiger partial charge is 0.168 e. The molecule has 16 heavy (non-hydrogen) atoms. The van der Waals surface area contributed by atoms with Gasteiger partial charge in [-0.1, -0.05) is 0 Å². The Hall–Kier alpha value is -1.49. The van der Waals surface area contributed by atoms with Gasteiger partial charge < -0.3 is 16.0 Å². The number of anilines is 2. The molecule has 0 saturated heterocycles. The maximum absolute atomic E-state index is 5.78. The molecule has 0 fully saturated rings. The van der Waals surface area contributed by atoms with Gasteiger partial charge in [0.05, 0.1) is 0 Å². The van der Waals surface area contributed by atoms with E-state index in [9.17, 15) is 0 Å². The van der Waals surface area contributed by atoms with Crippen LogP contribution in [0.2, 0.25) is 0 Å². The molecule has 4 nitrogen and oxygen atoms in total. The summed E-state index contributed by atoms with van der Waals surface area (Å²) in [5.41, 5.74) is 7.13. The van der Waals surface area contributed by atoms with E-state index in [0.717, 1.165) is 18.1 Å². The van der Waals surface area contributed by atoms with Crippen LogP contribution in [0.4, 0.5) is 11.6 Å². The predicted octanol–water partition coefficient (Wildman–Crippen LogP) is 2.40. The van der Waals surface area contributed by atoms with Gasteiger partial charge in [0.25, 0.3) is 0 Å². The molecule has 0 aromatic carbocycles. The third kappa shape index (κ3) is 2.55. The van der Waals surface area contributed by atoms with Crippen molar-refractivity contribution in [2.45, 2.75) is 26.3 Å². The third-order valence-electron chi connectivity index (χ3n) is 2.36. The Morgan fingerprint density at radius 3 is 3.00 bits per heavy atom. The summed E-state index contributed by atoms with van der Waals surface area (Å²) in [7, 11) is 0. The Morgan fingerprint density at radius 2 is 2.44 bits per heavy atom. The number of nitrogen functional groups attached to an aromatic ring is 1. The largest absolute Gasteiger partial charge is 0.382 e. The SMILES string of the molecule is Cc1nc(NC(C)Cc2ccsc2)c(N)[nH]1. The topological polar surface area (TPSA) is 66.7 Å². The molecule has 0 aliphatic rings. The molecule has 1 atom stereocenters. The van der Waals surface area contributed by atoms with E-state index in [2.05, 4.69) is 39.0 Å². The van der Waals surface area contributed by atoms with E-state index in [4.69, 9.17) is 5.73 Å². The lowest BCUT2D eigenvalue weighted by atomic mass is 10.1. The van der Waals surface area contributed by atoms with Crippen molar-refractivity contribution in [1.82, 2.24) is 9.97 Å². The van der Waals surface area contributed by atoms with Crippen molar-refractivity contribution in [2.75, 3.05) is 11.1 Å². The maximum Gasteiger partial charge on any atom is 0.168 e. The number of aromatic nitrogens is 2. The Kier molecular flexibility index (Phi) is 3.14. The highest BCUT2D eigenvalue weighted by atomic mass is 32.1. The molecule has 4 N–H and O–H groups in total. The number of aryl methyl sites for hydroxylation is 1. The Balaban J connectivity index is 1.97. The number of rotatable bonds is 4. The van der Waals surface area contributed by atoms with Crippen molar-refractivity contribution in [3.63, 3.8) is 0 Å². The van der Waals surface area contributed by atoms with E-state index in [-0.39, 0.29) is 0 Å². The normalized spacial score (nSPS) is 12.6. The van der Waals surface area contributed by atoms with Gasteiger partial charge in [0.2, 0.25) is 0 Å². The van der Waals surface area contributed by atoms with E-state index < -0.39 is 0 Å². The quantitative estimate of drug-likeness (QED) is 0.763. The molecule has 2 aromatic heterocycles. The molecule has 2 heterocycles. The highest BCUT2D eigenvalue weighted by Crippen LogP contribution is 2.17. The fraction of sp³-hybridized carbons (Fsp3) is 0.364. The molecule has 0 saturated carbocycles. The van der Waals surface area contributed by atoms with E-state index in [1.165, 1.54) is 5.56 Å². The van der Waals surface area contributed by atoms with Crippen molar-refractivity contribution in [3.05, 3.63) is 28.2 Å². The first-order chi connectivity index (χ1) is 7.65. The van der Waals surface area contributed by atoms with Gasteiger partial charge in [-0.3, -0.25) is 0 Å². The zero-order valence-corrected chi connectivity index (χ0v) is 10.3. The van der Waals surface area contributed by atoms with E-state index >= 15 is 0 Å². The predicted molar refractivity (Wildman–Crippen MR) is 68.8 cm³/mol. The molecule has 2 rings (SSSR count). The Labute approximate surface area is 98.9 Å². The standard InChI is InChI=1S/C11H16N4S/c1-7(5-9-3-4-16-6-9)13-11-10(12)14-8(2)15-11/h3-4,6-7,13H,5,12H2,1-2H3,(H,14,15). The fourth-order valence-electron chi connectivity index (χ4n) is 1.67. The van der Waals surface area contributed by atoms with E-state index in [1.807, 2.05) is 6.92 Å².